The first-order chi connectivity index (χ1) is 38.8. The largest absolute Gasteiger partial charge is 0.741 e. The van der Waals surface area contributed by atoms with Crippen molar-refractivity contribution in [3.05, 3.63) is 277 Å². The van der Waals surface area contributed by atoms with Crippen LogP contribution in [0.5, 0.6) is 11.5 Å². The second kappa shape index (κ2) is 23.7. The number of hydrogen-bond donors (Lipinski definition) is 2. The number of halogens is 3. The van der Waals surface area contributed by atoms with Gasteiger partial charge in [0, 0.05) is 63.2 Å². The van der Waals surface area contributed by atoms with Crippen molar-refractivity contribution in [2.24, 2.45) is 9.98 Å². The molecule has 0 fully saturated rings. The Kier molecular flexibility index (Phi) is 16.1. The summed E-state index contributed by atoms with van der Waals surface area (Å²) in [7, 11) is -6.09. The van der Waals surface area contributed by atoms with E-state index in [-0.39, 0.29) is 28.9 Å². The number of fused-ring (bicyclic) bond motifs is 4. The summed E-state index contributed by atoms with van der Waals surface area (Å²) in [6, 6.07) is 86.1. The monoisotopic (exact) mass is 1130 g/mol. The van der Waals surface area contributed by atoms with Gasteiger partial charge in [0.25, 0.3) is 0 Å². The molecule has 0 saturated heterocycles. The molecule has 0 aliphatic rings. The first-order valence-corrected chi connectivity index (χ1v) is 27.1. The molecule has 81 heavy (non-hydrogen) atoms. The van der Waals surface area contributed by atoms with Gasteiger partial charge in [0.1, 0.15) is 23.6 Å². The van der Waals surface area contributed by atoms with Gasteiger partial charge >= 0.3 is 5.51 Å². The van der Waals surface area contributed by atoms with Gasteiger partial charge in [0.2, 0.25) is 0 Å². The zero-order valence-electron chi connectivity index (χ0n) is 43.0. The van der Waals surface area contributed by atoms with E-state index < -0.39 is 27.7 Å². The number of aromatic hydroxyl groups is 2. The minimum absolute atomic E-state index is 0. The van der Waals surface area contributed by atoms with Gasteiger partial charge in [-0.05, 0) is 88.6 Å². The normalized spacial score (nSPS) is 12.6. The zero-order valence-corrected chi connectivity index (χ0v) is 45.1. The van der Waals surface area contributed by atoms with E-state index in [1.54, 1.807) is 0 Å². The fraction of sp³-hybridized carbons (Fsp3) is 0.0435. The zero-order chi connectivity index (χ0) is 55.4. The van der Waals surface area contributed by atoms with Crippen LogP contribution in [0, 0.1) is 0 Å². The standard InChI is InChI=1S/C68H48N2O2.CHF3O3S.Cr/c71-67-53(41-51-31-15-19-35-57(51)63(67)61-55-33-17-13-25-47(55)37-39-59(61)45-21-5-1-6-22-45)43-69-65(49-27-9-3-10-28-49)66(50-29-11-4-12-30-50)70-44-54-42-52-32-16-20-36-58(52)64(68(54)72)62-56-34-18-14-26-48(56)38-40-60(62)46-23-7-2-8-24-46;2-1(3,4)8(5,6)7;/h1-44,65-66,71-72H;(H,5,6,7);/p-1/t65-,66-;;/m1../s1. The van der Waals surface area contributed by atoms with E-state index in [4.69, 9.17) is 23.0 Å². The van der Waals surface area contributed by atoms with E-state index in [1.807, 2.05) is 97.4 Å². The summed E-state index contributed by atoms with van der Waals surface area (Å²) in [5.41, 5.74) is 5.05. The van der Waals surface area contributed by atoms with Crippen LogP contribution in [0.25, 0.3) is 87.6 Å². The molecule has 0 spiro atoms. The van der Waals surface area contributed by atoms with Gasteiger partial charge in [0.15, 0.2) is 10.1 Å². The summed E-state index contributed by atoms with van der Waals surface area (Å²) in [6.45, 7) is 0. The van der Waals surface area contributed by atoms with Crippen LogP contribution in [0.15, 0.2) is 265 Å². The maximum absolute atomic E-state index is 12.8. The molecule has 0 amide bonds. The first-order valence-electron chi connectivity index (χ1n) is 25.7. The third-order valence-electron chi connectivity index (χ3n) is 14.2. The van der Waals surface area contributed by atoms with Crippen molar-refractivity contribution >= 4 is 65.6 Å². The molecule has 12 heteroatoms. The molecule has 12 rings (SSSR count). The molecule has 2 N–H and O–H groups in total. The van der Waals surface area contributed by atoms with Gasteiger partial charge in [-0.2, -0.15) is 13.2 Å². The number of alkyl halides is 3. The SMILES string of the molecule is O=S(=O)([O-])C(F)(F)F.Oc1c(C=N[C@H](c2ccccc2)[C@H](N=Cc2cc3ccccc3c(-c3c(-c4ccccc4)ccc4ccccc34)c2O)c2ccccc2)cc2ccccc2c1-c1c(-c2ccccc2)ccc2ccccc12.[Cr]. The van der Waals surface area contributed by atoms with E-state index in [2.05, 4.69) is 170 Å². The summed E-state index contributed by atoms with van der Waals surface area (Å²) >= 11 is 0. The van der Waals surface area contributed by atoms with Crippen LogP contribution in [0.2, 0.25) is 0 Å². The second-order valence-corrected chi connectivity index (χ2v) is 20.5. The van der Waals surface area contributed by atoms with E-state index in [9.17, 15) is 23.4 Å². The fourth-order valence-electron chi connectivity index (χ4n) is 10.5. The van der Waals surface area contributed by atoms with Crippen molar-refractivity contribution in [2.75, 3.05) is 0 Å². The van der Waals surface area contributed by atoms with Gasteiger partial charge in [0.05, 0.1) is 0 Å². The molecule has 0 heterocycles. The number of phenols is 2. The summed E-state index contributed by atoms with van der Waals surface area (Å²) in [4.78, 5) is 10.9. The Morgan fingerprint density at radius 1 is 0.395 bits per heavy atom. The number of hydrogen-bond acceptors (Lipinski definition) is 7. The molecule has 12 aromatic carbocycles. The van der Waals surface area contributed by atoms with Crippen molar-refractivity contribution in [1.82, 2.24) is 0 Å². The molecule has 0 aliphatic carbocycles. The second-order valence-electron chi connectivity index (χ2n) is 19.1. The number of rotatable bonds is 11. The van der Waals surface area contributed by atoms with E-state index in [1.165, 1.54) is 0 Å². The number of benzene rings is 12. The molecular weight excluding hydrogens is 1080 g/mol. The Bertz CT molecular complexity index is 4150. The first kappa shape index (κ1) is 55.2. The van der Waals surface area contributed by atoms with E-state index >= 15 is 0 Å². The smallest absolute Gasteiger partial charge is 0.485 e. The predicted molar refractivity (Wildman–Crippen MR) is 317 cm³/mol. The maximum atomic E-state index is 12.8. The van der Waals surface area contributed by atoms with Crippen molar-refractivity contribution in [3.8, 4) is 56.0 Å². The topological polar surface area (TPSA) is 122 Å². The Morgan fingerprint density at radius 2 is 0.679 bits per heavy atom. The Hall–Kier alpha value is -9.15. The van der Waals surface area contributed by atoms with Crippen molar-refractivity contribution in [2.45, 2.75) is 17.6 Å². The summed E-state index contributed by atoms with van der Waals surface area (Å²) < 4.78 is 58.9. The quantitative estimate of drug-likeness (QED) is 0.0759. The van der Waals surface area contributed by atoms with Crippen LogP contribution in [0.4, 0.5) is 13.2 Å². The van der Waals surface area contributed by atoms with Crippen LogP contribution in [-0.2, 0) is 27.5 Å². The van der Waals surface area contributed by atoms with E-state index in [0.717, 1.165) is 98.7 Å². The van der Waals surface area contributed by atoms with Gasteiger partial charge in [-0.3, -0.25) is 9.98 Å². The summed E-state index contributed by atoms with van der Waals surface area (Å²) in [6.07, 6.45) is 3.64. The van der Waals surface area contributed by atoms with E-state index in [0.29, 0.717) is 11.1 Å². The fourth-order valence-corrected chi connectivity index (χ4v) is 10.5. The van der Waals surface area contributed by atoms with Crippen LogP contribution < -0.4 is 0 Å². The average Bonchev–Trinajstić information content (AvgIpc) is 3.48. The third-order valence-corrected chi connectivity index (χ3v) is 14.8. The Labute approximate surface area is 477 Å². The molecule has 0 aliphatic heterocycles. The molecular formula is C69H48CrF3N2O5S-. The van der Waals surface area contributed by atoms with Crippen LogP contribution >= 0.6 is 0 Å². The summed E-state index contributed by atoms with van der Waals surface area (Å²) in [5, 5.41) is 33.7. The molecule has 12 aromatic rings. The van der Waals surface area contributed by atoms with Gasteiger partial charge in [-0.1, -0.05) is 243 Å². The average molecular weight is 1130 g/mol. The molecule has 0 radical (unpaired) electrons. The number of nitrogens with zero attached hydrogens (tertiary/aromatic N) is 2. The molecule has 0 unspecified atom stereocenters. The van der Waals surface area contributed by atoms with Crippen molar-refractivity contribution in [1.29, 1.82) is 0 Å². The third kappa shape index (κ3) is 11.4. The molecule has 0 bridgehead atoms. The molecule has 7 nitrogen and oxygen atoms in total. The van der Waals surface area contributed by atoms with Crippen molar-refractivity contribution < 1.29 is 53.7 Å². The van der Waals surface area contributed by atoms with Crippen molar-refractivity contribution in [3.63, 3.8) is 0 Å². The predicted octanol–water partition coefficient (Wildman–Crippen LogP) is 17.4. The molecule has 2 atom stereocenters. The minimum Gasteiger partial charge on any atom is -0.741 e. The van der Waals surface area contributed by atoms with Gasteiger partial charge < -0.3 is 14.8 Å². The molecule has 0 saturated carbocycles. The number of aliphatic imine (C=N–C) groups is 2. The Morgan fingerprint density at radius 3 is 1.01 bits per heavy atom. The molecule has 398 valence electrons. The van der Waals surface area contributed by atoms with Crippen LogP contribution in [0.1, 0.15) is 34.3 Å². The van der Waals surface area contributed by atoms with Crippen LogP contribution in [-0.4, -0.2) is 41.1 Å². The van der Waals surface area contributed by atoms with Gasteiger partial charge in [-0.25, -0.2) is 8.42 Å². The Balaban J connectivity index is 0.000000762. The maximum Gasteiger partial charge on any atom is 0.485 e. The molecule has 0 aromatic heterocycles. The minimum atomic E-state index is -6.09. The van der Waals surface area contributed by atoms with Crippen LogP contribution in [0.3, 0.4) is 0 Å². The summed E-state index contributed by atoms with van der Waals surface area (Å²) in [5.74, 6) is 0.295. The van der Waals surface area contributed by atoms with Gasteiger partial charge in [-0.15, -0.1) is 0 Å². The number of phenolic OH excluding ortho intramolecular Hbond substituents is 2.